The zero-order chi connectivity index (χ0) is 91.8. The third-order valence-electron chi connectivity index (χ3n) is 19.3. The number of nitrogens with zero attached hydrogens (tertiary/aromatic N) is 1. The maximum absolute atomic E-state index is 13.7. The van der Waals surface area contributed by atoms with Crippen LogP contribution in [0, 0.1) is 0 Å². The molecule has 33 heteroatoms. The van der Waals surface area contributed by atoms with Crippen molar-refractivity contribution in [1.29, 1.82) is 0 Å². The molecule has 0 aliphatic carbocycles. The van der Waals surface area contributed by atoms with Gasteiger partial charge in [-0.05, 0) is 33.7 Å². The number of nitrogens with one attached hydrogen (secondary N) is 1. The minimum Gasteiger partial charge on any atom is -0.481 e. The van der Waals surface area contributed by atoms with Crippen LogP contribution in [0.1, 0.15) is 246 Å². The summed E-state index contributed by atoms with van der Waals surface area (Å²) in [6.45, 7) is 33.9. The zero-order valence-corrected chi connectivity index (χ0v) is 82.1. The summed E-state index contributed by atoms with van der Waals surface area (Å²) in [5.41, 5.74) is 0. The van der Waals surface area contributed by atoms with E-state index in [4.69, 9.17) is 128 Å². The Morgan fingerprint density at radius 3 is 0.559 bits per heavy atom. The summed E-state index contributed by atoms with van der Waals surface area (Å²) in [4.78, 5) is 24.2. The Labute approximate surface area is 771 Å². The Balaban J connectivity index is 0. The van der Waals surface area contributed by atoms with E-state index in [2.05, 4.69) is 19.2 Å². The number of carboxylic acid groups (broad SMARTS) is 1. The topological polar surface area (TPSA) is 327 Å². The molecule has 0 saturated heterocycles. The standard InChI is InChI=1S/C51H102O26.C43H89N2O4P/c1-2-54-5-6-56-9-10-58-13-14-60-17-18-62-21-22-64-25-26-66-29-30-68-33-34-70-37-38-72-41-42-74-45-46-76-49-50-77-48-47-75-44-43-73-40-39-71-36-35-69-32-31-67-28-27-65-24-23-63-20-19-61-16-15-59-12-11-57-8-7-55-4-3-51(52)53;1-5-8-10-12-14-16-18-20-22-24-26-28-30-32-34-36-40-48-50(47,42-45(4)39-38-43(46)44-7-3)49-41-37-35-33-31-29-27-25-23-21-19-17-15-13-11-9-6-2/h2-50H2,1H3,(H,52,53);5-42H2,1-4H3,(H,44,46). The number of aliphatic carboxylic acids is 1. The zero-order valence-electron chi connectivity index (χ0n) is 81.2. The second-order valence-corrected chi connectivity index (χ2v) is 32.8. The van der Waals surface area contributed by atoms with Crippen LogP contribution in [-0.2, 0) is 137 Å². The number of rotatable bonds is 115. The fourth-order valence-electron chi connectivity index (χ4n) is 12.1. The van der Waals surface area contributed by atoms with Crippen LogP contribution in [-0.4, -0.2) is 379 Å². The summed E-state index contributed by atoms with van der Waals surface area (Å²) in [5.74, 6) is -0.854. The van der Waals surface area contributed by atoms with Crippen molar-refractivity contribution >= 4 is 19.5 Å². The third kappa shape index (κ3) is 118. The van der Waals surface area contributed by atoms with Gasteiger partial charge >= 0.3 is 13.6 Å². The van der Waals surface area contributed by atoms with Gasteiger partial charge in [0, 0.05) is 26.1 Å². The predicted octanol–water partition coefficient (Wildman–Crippen LogP) is 15.0. The molecule has 0 heterocycles. The highest BCUT2D eigenvalue weighted by Gasteiger charge is 2.27. The molecule has 0 aromatic rings. The van der Waals surface area contributed by atoms with E-state index in [1.807, 2.05) is 25.8 Å². The molecular formula is C94H191N2O30P. The largest absolute Gasteiger partial charge is 0.481 e. The van der Waals surface area contributed by atoms with Gasteiger partial charge < -0.3 is 133 Å². The van der Waals surface area contributed by atoms with Crippen molar-refractivity contribution in [3.05, 3.63) is 0 Å². The number of amides is 1. The molecule has 0 unspecified atom stereocenters. The molecule has 0 radical (unpaired) electrons. The van der Waals surface area contributed by atoms with E-state index in [0.717, 1.165) is 25.7 Å². The van der Waals surface area contributed by atoms with Crippen molar-refractivity contribution in [2.75, 3.05) is 357 Å². The van der Waals surface area contributed by atoms with E-state index in [-0.39, 0.29) is 25.2 Å². The van der Waals surface area contributed by atoms with Crippen LogP contribution in [0.15, 0.2) is 0 Å². The van der Waals surface area contributed by atoms with Crippen molar-refractivity contribution in [3.8, 4) is 0 Å². The minimum absolute atomic E-state index is 0.00934. The molecule has 0 rings (SSSR count). The predicted molar refractivity (Wildman–Crippen MR) is 497 cm³/mol. The number of ether oxygens (including phenoxy) is 24. The Morgan fingerprint density at radius 2 is 0.394 bits per heavy atom. The van der Waals surface area contributed by atoms with E-state index in [1.165, 1.54) is 180 Å². The van der Waals surface area contributed by atoms with Crippen LogP contribution in [0.4, 0.5) is 0 Å². The average molecular weight is 1860 g/mol. The highest BCUT2D eigenvalue weighted by molar-refractivity contribution is 7.53. The number of carbonyl (C=O) groups is 2. The summed E-state index contributed by atoms with van der Waals surface area (Å²) in [6.07, 6.45) is 43.2. The monoisotopic (exact) mass is 1860 g/mol. The number of unbranched alkanes of at least 4 members (excludes halogenated alkanes) is 30. The number of carbonyl (C=O) groups excluding carboxylic acids is 1. The number of carboxylic acids is 1. The van der Waals surface area contributed by atoms with Gasteiger partial charge in [0.2, 0.25) is 5.91 Å². The van der Waals surface area contributed by atoms with Crippen molar-refractivity contribution in [3.63, 3.8) is 0 Å². The molecule has 0 spiro atoms. The summed E-state index contributed by atoms with van der Waals surface area (Å²) >= 11 is 0. The maximum Gasteiger partial charge on any atom is 0.344 e. The van der Waals surface area contributed by atoms with E-state index in [1.54, 1.807) is 0 Å². The van der Waals surface area contributed by atoms with Gasteiger partial charge in [-0.3, -0.25) is 19.1 Å². The van der Waals surface area contributed by atoms with Gasteiger partial charge in [0.1, 0.15) is 6.29 Å². The number of hydrogen-bond acceptors (Lipinski definition) is 30. The van der Waals surface area contributed by atoms with Crippen LogP contribution < -0.4 is 5.32 Å². The highest BCUT2D eigenvalue weighted by Crippen LogP contribution is 2.49. The lowest BCUT2D eigenvalue weighted by molar-refractivity contribution is -0.138. The van der Waals surface area contributed by atoms with Gasteiger partial charge in [0.15, 0.2) is 0 Å². The Bertz CT molecular complexity index is 2050. The molecule has 0 aromatic heterocycles. The summed E-state index contributed by atoms with van der Waals surface area (Å²) in [5, 5.41) is 11.4. The SMILES string of the molecule is CCCCCCCCCCCCCCCCCCOP(=O)(CN(C)CCC(=O)NCC)OCCCCCCCCCCCCCCCCCC.CCOCCOCCOCCOCCOCCOCCOCCOCCOCCOCCOCCOCCOCCOCCOCCOCCOCCOCCOCCOCCOCCOCCOCCOCCC(=O)O. The fourth-order valence-corrected chi connectivity index (χ4v) is 13.9. The molecule has 762 valence electrons. The lowest BCUT2D eigenvalue weighted by Crippen LogP contribution is -2.29. The van der Waals surface area contributed by atoms with Crippen LogP contribution in [0.2, 0.25) is 0 Å². The summed E-state index contributed by atoms with van der Waals surface area (Å²) in [7, 11) is -1.33. The first-order valence-corrected chi connectivity index (χ1v) is 51.4. The number of hydrogen-bond donors (Lipinski definition) is 2. The molecule has 0 bridgehead atoms. The van der Waals surface area contributed by atoms with Gasteiger partial charge in [-0.15, -0.1) is 0 Å². The third-order valence-corrected chi connectivity index (χ3v) is 21.3. The van der Waals surface area contributed by atoms with E-state index >= 15 is 0 Å². The van der Waals surface area contributed by atoms with Gasteiger partial charge in [0.05, 0.1) is 330 Å². The molecule has 0 aromatic carbocycles. The first kappa shape index (κ1) is 127. The lowest BCUT2D eigenvalue weighted by Gasteiger charge is -2.24. The molecule has 127 heavy (non-hydrogen) atoms. The second-order valence-electron chi connectivity index (χ2n) is 30.7. The van der Waals surface area contributed by atoms with Gasteiger partial charge in [-0.2, -0.15) is 0 Å². The molecule has 0 aliphatic rings. The molecule has 0 saturated carbocycles. The van der Waals surface area contributed by atoms with Crippen molar-refractivity contribution in [2.24, 2.45) is 0 Å². The van der Waals surface area contributed by atoms with Crippen LogP contribution in [0.3, 0.4) is 0 Å². The molecule has 2 N–H and O–H groups in total. The fraction of sp³-hybridized carbons (Fsp3) is 0.979. The van der Waals surface area contributed by atoms with Crippen LogP contribution in [0.5, 0.6) is 0 Å². The molecule has 1 amide bonds. The smallest absolute Gasteiger partial charge is 0.344 e. The van der Waals surface area contributed by atoms with Crippen LogP contribution in [0.25, 0.3) is 0 Å². The van der Waals surface area contributed by atoms with E-state index in [9.17, 15) is 14.2 Å². The summed E-state index contributed by atoms with van der Waals surface area (Å²) in [6, 6.07) is 0. The van der Waals surface area contributed by atoms with Crippen molar-refractivity contribution in [2.45, 2.75) is 246 Å². The Kier molecular flexibility index (Phi) is 117. The highest BCUT2D eigenvalue weighted by atomic mass is 31.2. The second kappa shape index (κ2) is 116. The van der Waals surface area contributed by atoms with Crippen molar-refractivity contribution < 1.29 is 142 Å². The van der Waals surface area contributed by atoms with Gasteiger partial charge in [-0.1, -0.05) is 206 Å². The average Bonchev–Trinajstić information content (AvgIpc) is 0.880. The van der Waals surface area contributed by atoms with Crippen LogP contribution >= 0.6 is 7.60 Å². The first-order chi connectivity index (χ1) is 62.7. The van der Waals surface area contributed by atoms with E-state index < -0.39 is 13.6 Å². The molecular weight excluding hydrogens is 1670 g/mol. The van der Waals surface area contributed by atoms with Crippen molar-refractivity contribution in [1.82, 2.24) is 10.2 Å². The summed E-state index contributed by atoms with van der Waals surface area (Å²) < 4.78 is 157. The lowest BCUT2D eigenvalue weighted by atomic mass is 10.0. The minimum atomic E-state index is -3.24. The normalized spacial score (nSPS) is 11.8. The molecule has 32 nitrogen and oxygen atoms in total. The molecule has 0 aliphatic heterocycles. The maximum atomic E-state index is 13.7. The Morgan fingerprint density at radius 1 is 0.228 bits per heavy atom. The van der Waals surface area contributed by atoms with E-state index in [0.29, 0.717) is 343 Å². The first-order valence-electron chi connectivity index (χ1n) is 49.6. The Hall–Kier alpha value is -1.91. The molecule has 0 atom stereocenters. The molecule has 0 fully saturated rings. The van der Waals surface area contributed by atoms with Gasteiger partial charge in [-0.25, -0.2) is 0 Å². The van der Waals surface area contributed by atoms with Gasteiger partial charge in [0.25, 0.3) is 0 Å². The quantitative estimate of drug-likeness (QED) is 0.0422.